The zero-order valence-electron chi connectivity index (χ0n) is 19.8. The van der Waals surface area contributed by atoms with Crippen molar-refractivity contribution in [3.8, 4) is 11.8 Å². The van der Waals surface area contributed by atoms with Crippen LogP contribution in [0, 0.1) is 17.2 Å². The van der Waals surface area contributed by atoms with Crippen molar-refractivity contribution in [3.63, 3.8) is 0 Å². The highest BCUT2D eigenvalue weighted by Crippen LogP contribution is 2.40. The van der Waals surface area contributed by atoms with E-state index in [1.807, 2.05) is 0 Å². The number of hydrogen-bond donors (Lipinski definition) is 2. The minimum Gasteiger partial charge on any atom is -0.472 e. The van der Waals surface area contributed by atoms with Crippen molar-refractivity contribution in [1.29, 1.82) is 5.26 Å². The third-order valence-electron chi connectivity index (χ3n) is 6.72. The number of amides is 4. The van der Waals surface area contributed by atoms with Gasteiger partial charge in [0.1, 0.15) is 18.1 Å². The molecule has 4 unspecified atom stereocenters. The van der Waals surface area contributed by atoms with Crippen LogP contribution in [0.2, 0.25) is 0 Å². The van der Waals surface area contributed by atoms with Crippen LogP contribution in [0.3, 0.4) is 0 Å². The summed E-state index contributed by atoms with van der Waals surface area (Å²) in [6.45, 7) is 1.37. The summed E-state index contributed by atoms with van der Waals surface area (Å²) in [5, 5.41) is 15.0. The van der Waals surface area contributed by atoms with Crippen LogP contribution in [0.1, 0.15) is 32.6 Å². The first-order chi connectivity index (χ1) is 16.7. The Bertz CT molecular complexity index is 1080. The van der Waals surface area contributed by atoms with Gasteiger partial charge in [0.2, 0.25) is 17.4 Å². The normalized spacial score (nSPS) is 24.3. The van der Waals surface area contributed by atoms with E-state index < -0.39 is 47.5 Å². The summed E-state index contributed by atoms with van der Waals surface area (Å²) in [6.07, 6.45) is 3.07. The number of likely N-dealkylation sites (tertiary alicyclic amines) is 1. The molecule has 1 saturated carbocycles. The van der Waals surface area contributed by atoms with Crippen molar-refractivity contribution >= 4 is 29.6 Å². The monoisotopic (exact) mass is 484 g/mol. The number of nitriles is 1. The van der Waals surface area contributed by atoms with Gasteiger partial charge in [0.25, 0.3) is 5.91 Å². The Balaban J connectivity index is 1.56. The van der Waals surface area contributed by atoms with Crippen LogP contribution < -0.4 is 15.4 Å². The molecule has 4 amide bonds. The lowest BCUT2D eigenvalue weighted by atomic mass is 9.97. The fourth-order valence-electron chi connectivity index (χ4n) is 4.54. The Hall–Kier alpha value is -3.88. The van der Waals surface area contributed by atoms with Crippen molar-refractivity contribution in [2.75, 3.05) is 26.0 Å². The molecule has 2 N–H and O–H groups in total. The van der Waals surface area contributed by atoms with E-state index in [1.165, 1.54) is 37.1 Å². The molecule has 186 valence electrons. The third kappa shape index (κ3) is 4.71. The number of nitrogens with one attached hydrogen (secondary N) is 2. The fraction of sp³-hybridized carbons (Fsp3) is 0.565. The average molecular weight is 485 g/mol. The lowest BCUT2D eigenvalue weighted by Crippen LogP contribution is -2.57. The summed E-state index contributed by atoms with van der Waals surface area (Å²) in [6, 6.07) is 2.74. The zero-order chi connectivity index (χ0) is 25.3. The van der Waals surface area contributed by atoms with Crippen LogP contribution >= 0.6 is 0 Å². The smallest absolute Gasteiger partial charge is 0.407 e. The van der Waals surface area contributed by atoms with Crippen molar-refractivity contribution in [2.45, 2.75) is 56.3 Å². The molecule has 12 heteroatoms. The number of rotatable bonds is 6. The molecule has 4 rings (SSSR count). The van der Waals surface area contributed by atoms with E-state index in [0.717, 1.165) is 12.8 Å². The number of anilines is 1. The molecule has 1 saturated heterocycles. The van der Waals surface area contributed by atoms with Crippen molar-refractivity contribution in [3.05, 3.63) is 18.3 Å². The predicted octanol–water partition coefficient (Wildman–Crippen LogP) is 0.647. The number of likely N-dealkylation sites (N-methyl/N-ethyl adjacent to an activating group) is 1. The summed E-state index contributed by atoms with van der Waals surface area (Å²) in [7, 11) is 2.69. The van der Waals surface area contributed by atoms with Gasteiger partial charge in [-0.25, -0.2) is 9.78 Å². The Morgan fingerprint density at radius 1 is 1.46 bits per heavy atom. The van der Waals surface area contributed by atoms with Gasteiger partial charge in [-0.1, -0.05) is 12.8 Å². The molecule has 1 spiro atoms. The van der Waals surface area contributed by atoms with E-state index >= 15 is 0 Å². The molecule has 3 aliphatic rings. The average Bonchev–Trinajstić information content (AvgIpc) is 3.60. The highest BCUT2D eigenvalue weighted by atomic mass is 16.5. The third-order valence-corrected chi connectivity index (χ3v) is 6.72. The highest BCUT2D eigenvalue weighted by molar-refractivity contribution is 6.01. The van der Waals surface area contributed by atoms with Gasteiger partial charge in [0.15, 0.2) is 11.6 Å². The molecule has 2 fully saturated rings. The zero-order valence-corrected chi connectivity index (χ0v) is 19.8. The summed E-state index contributed by atoms with van der Waals surface area (Å²) in [5.74, 6) is -0.447. The minimum atomic E-state index is -1.43. The fourth-order valence-corrected chi connectivity index (χ4v) is 4.54. The van der Waals surface area contributed by atoms with Gasteiger partial charge in [-0.3, -0.25) is 14.4 Å². The number of ether oxygens (including phenoxy) is 2. The predicted molar refractivity (Wildman–Crippen MR) is 121 cm³/mol. The number of aromatic nitrogens is 1. The summed E-state index contributed by atoms with van der Waals surface area (Å²) >= 11 is 0. The molecule has 3 heterocycles. The number of hydrogen-bond acceptors (Lipinski definition) is 8. The molecular weight excluding hydrogens is 456 g/mol. The molecule has 2 aliphatic heterocycles. The Morgan fingerprint density at radius 3 is 2.86 bits per heavy atom. The maximum atomic E-state index is 13.8. The quantitative estimate of drug-likeness (QED) is 0.596. The number of alkyl carbamates (subject to hydrolysis) is 1. The second kappa shape index (κ2) is 9.40. The first-order valence-electron chi connectivity index (χ1n) is 11.5. The van der Waals surface area contributed by atoms with Crippen molar-refractivity contribution in [2.24, 2.45) is 5.92 Å². The lowest BCUT2D eigenvalue weighted by molar-refractivity contribution is -0.146. The Morgan fingerprint density at radius 2 is 2.20 bits per heavy atom. The SMILES string of the molecule is COC(=O)NC(C)C(=O)N(C)C(CC1CC1)C(=O)N1CC2(CC1C#N)Oc1cccnc1NC2=O. The number of methoxy groups -OCH3 is 1. The van der Waals surface area contributed by atoms with Crippen molar-refractivity contribution in [1.82, 2.24) is 20.1 Å². The van der Waals surface area contributed by atoms with Gasteiger partial charge < -0.3 is 29.9 Å². The largest absolute Gasteiger partial charge is 0.472 e. The minimum absolute atomic E-state index is 0.0104. The standard InChI is InChI=1S/C23H28N6O6/c1-13(26-22(33)34-3)19(30)28(2)16(9-14-6-7-14)20(31)29-12-23(10-15(29)11-24)21(32)27-18-17(35-23)5-4-8-25-18/h4-5,8,13-16H,6-7,9-10,12H2,1-3H3,(H,26,33)(H,25,27,32). The van der Waals surface area contributed by atoms with Gasteiger partial charge in [-0.2, -0.15) is 5.26 Å². The second-order valence-corrected chi connectivity index (χ2v) is 9.22. The molecule has 1 aliphatic carbocycles. The Kier molecular flexibility index (Phi) is 6.51. The van der Waals surface area contributed by atoms with E-state index in [-0.39, 0.29) is 24.7 Å². The van der Waals surface area contributed by atoms with Gasteiger partial charge in [0.05, 0.1) is 19.7 Å². The maximum Gasteiger partial charge on any atom is 0.407 e. The van der Waals surface area contributed by atoms with Crippen LogP contribution in [0.5, 0.6) is 5.75 Å². The second-order valence-electron chi connectivity index (χ2n) is 9.22. The number of pyridine rings is 1. The number of carbonyl (C=O) groups excluding carboxylic acids is 4. The molecule has 0 bridgehead atoms. The summed E-state index contributed by atoms with van der Waals surface area (Å²) < 4.78 is 10.6. The number of fused-ring (bicyclic) bond motifs is 1. The van der Waals surface area contributed by atoms with Crippen LogP contribution in [0.25, 0.3) is 0 Å². The van der Waals surface area contributed by atoms with Gasteiger partial charge in [-0.05, 0) is 31.4 Å². The molecule has 0 radical (unpaired) electrons. The molecule has 0 aromatic carbocycles. The van der Waals surface area contributed by atoms with E-state index in [0.29, 0.717) is 12.2 Å². The highest BCUT2D eigenvalue weighted by Gasteiger charge is 2.56. The molecule has 12 nitrogen and oxygen atoms in total. The van der Waals surface area contributed by atoms with Crippen LogP contribution in [0.15, 0.2) is 18.3 Å². The van der Waals surface area contributed by atoms with Gasteiger partial charge >= 0.3 is 6.09 Å². The number of carbonyl (C=O) groups is 4. The summed E-state index contributed by atoms with van der Waals surface area (Å²) in [4.78, 5) is 58.1. The lowest BCUT2D eigenvalue weighted by Gasteiger charge is -2.35. The van der Waals surface area contributed by atoms with E-state index in [1.54, 1.807) is 12.1 Å². The summed E-state index contributed by atoms with van der Waals surface area (Å²) in [5.41, 5.74) is -1.43. The van der Waals surface area contributed by atoms with Crippen LogP contribution in [-0.2, 0) is 19.1 Å². The molecule has 1 aromatic heterocycles. The van der Waals surface area contributed by atoms with Gasteiger partial charge in [-0.15, -0.1) is 0 Å². The molecule has 1 aromatic rings. The van der Waals surface area contributed by atoms with Crippen LogP contribution in [0.4, 0.5) is 10.6 Å². The topological polar surface area (TPSA) is 154 Å². The Labute approximate surface area is 202 Å². The first kappa shape index (κ1) is 24.3. The van der Waals surface area contributed by atoms with Crippen LogP contribution in [-0.4, -0.2) is 83.0 Å². The first-order valence-corrected chi connectivity index (χ1v) is 11.5. The molecule has 35 heavy (non-hydrogen) atoms. The van der Waals surface area contributed by atoms with Gasteiger partial charge in [0, 0.05) is 19.7 Å². The maximum absolute atomic E-state index is 13.8. The van der Waals surface area contributed by atoms with Crippen molar-refractivity contribution < 1.29 is 28.7 Å². The van der Waals surface area contributed by atoms with E-state index in [2.05, 4.69) is 26.4 Å². The van der Waals surface area contributed by atoms with E-state index in [4.69, 9.17) is 4.74 Å². The molecule has 4 atom stereocenters. The molecular formula is C23H28N6O6. The number of nitrogens with zero attached hydrogens (tertiary/aromatic N) is 4. The van der Waals surface area contributed by atoms with E-state index in [9.17, 15) is 24.4 Å².